The quantitative estimate of drug-likeness (QED) is 0.137. The molecule has 2 atom stereocenters. The Hall–Kier alpha value is -6.60. The summed E-state index contributed by atoms with van der Waals surface area (Å²) in [6, 6.07) is 43.8. The van der Waals surface area contributed by atoms with Gasteiger partial charge in [-0.25, -0.2) is 4.98 Å². The maximum absolute atomic E-state index is 8.26. The largest absolute Gasteiger partial charge is 0.480 e. The molecular weight excluding hydrogens is 667 g/mol. The van der Waals surface area contributed by atoms with Crippen molar-refractivity contribution in [1.29, 1.82) is 0 Å². The molecule has 0 saturated carbocycles. The third kappa shape index (κ3) is 5.18. The highest BCUT2D eigenvalue weighted by Gasteiger charge is 2.35. The molecule has 10 rings (SSSR count). The number of hydrogen-bond donors (Lipinski definition) is 0. The van der Waals surface area contributed by atoms with E-state index in [0.29, 0.717) is 22.8 Å². The molecule has 0 amide bonds. The molecule has 7 heteroatoms. The number of fused-ring (bicyclic) bond motifs is 7. The number of aromatic nitrogens is 4. The van der Waals surface area contributed by atoms with Crippen molar-refractivity contribution < 1.29 is 18.2 Å². The topological polar surface area (TPSA) is 48.3 Å². The van der Waals surface area contributed by atoms with Gasteiger partial charge in [0.25, 0.3) is 0 Å². The summed E-state index contributed by atoms with van der Waals surface area (Å²) in [6.07, 6.45) is 9.10. The second-order valence-corrected chi connectivity index (χ2v) is 14.9. The van der Waals surface area contributed by atoms with Crippen LogP contribution in [0.5, 0.6) is 17.2 Å². The first kappa shape index (κ1) is 28.9. The number of para-hydroxylation sites is 7. The zero-order valence-corrected chi connectivity index (χ0v) is 30.1. The summed E-state index contributed by atoms with van der Waals surface area (Å²) in [4.78, 5) is 7.22. The molecule has 264 valence electrons. The summed E-state index contributed by atoms with van der Waals surface area (Å²) in [5, 5.41) is 3.18. The van der Waals surface area contributed by atoms with Crippen LogP contribution in [-0.4, -0.2) is 26.3 Å². The molecule has 0 bridgehead atoms. The van der Waals surface area contributed by atoms with Crippen LogP contribution in [0.25, 0.3) is 45.6 Å². The highest BCUT2D eigenvalue weighted by atomic mass is 16.5. The van der Waals surface area contributed by atoms with E-state index < -0.39 is 19.1 Å². The summed E-state index contributed by atoms with van der Waals surface area (Å²) >= 11 is 0. The maximum Gasteiger partial charge on any atom is 0.244 e. The number of ether oxygens (including phenoxy) is 2. The summed E-state index contributed by atoms with van der Waals surface area (Å²) in [5.74, 6) is 2.76. The molecule has 4 heterocycles. The molecule has 3 aromatic heterocycles. The molecule has 8 aromatic rings. The summed E-state index contributed by atoms with van der Waals surface area (Å²) < 4.78 is 43.8. The Morgan fingerprint density at radius 2 is 1.48 bits per heavy atom. The SMILES string of the molecule is [2H]C([2H])([2H])[n+]1[c-]n(-c2cccc(N3c4ccccc4Oc4ccccc4OC4C=c5c(n(-c6cc(C(C)(C)C)ccn6)c6ccccc56)=CC43)c2)c2ccccc21. The van der Waals surface area contributed by atoms with Crippen LogP contribution in [0.2, 0.25) is 0 Å². The zero-order chi connectivity index (χ0) is 39.1. The van der Waals surface area contributed by atoms with Crippen molar-refractivity contribution in [3.05, 3.63) is 162 Å². The fourth-order valence-corrected chi connectivity index (χ4v) is 7.86. The molecule has 7 nitrogen and oxygen atoms in total. The maximum atomic E-state index is 8.26. The van der Waals surface area contributed by atoms with Gasteiger partial charge in [-0.1, -0.05) is 99.6 Å². The van der Waals surface area contributed by atoms with Gasteiger partial charge in [0.15, 0.2) is 17.2 Å². The second kappa shape index (κ2) is 12.2. The fourth-order valence-electron chi connectivity index (χ4n) is 7.86. The third-order valence-corrected chi connectivity index (χ3v) is 10.5. The molecule has 2 unspecified atom stereocenters. The van der Waals surface area contributed by atoms with Crippen molar-refractivity contribution >= 4 is 45.5 Å². The van der Waals surface area contributed by atoms with Crippen LogP contribution in [-0.2, 0) is 12.4 Å². The third-order valence-electron chi connectivity index (χ3n) is 10.5. The van der Waals surface area contributed by atoms with Crippen molar-refractivity contribution in [2.75, 3.05) is 4.90 Å². The molecule has 0 saturated heterocycles. The van der Waals surface area contributed by atoms with Gasteiger partial charge in [-0.2, -0.15) is 0 Å². The first-order valence-corrected chi connectivity index (χ1v) is 18.2. The van der Waals surface area contributed by atoms with Crippen LogP contribution < -0.4 is 29.5 Å². The standard InChI is InChI=1S/C47H39N5O2/c1-47(2,3)31-24-25-48-46(26-31)52-36-17-6-5-16-34(36)35-28-45-41(29-40(35)52)51(39-20-9-10-21-42(39)53-43-22-11-12-23-44(43)54-45)33-15-13-14-32(27-33)50-30-49(4)37-18-7-8-19-38(37)50/h5-29,41,45H,1-4H3/i4D3. The summed E-state index contributed by atoms with van der Waals surface area (Å²) in [6.45, 7) is 4.24. The van der Waals surface area contributed by atoms with E-state index in [-0.39, 0.29) is 5.41 Å². The predicted octanol–water partition coefficient (Wildman–Crippen LogP) is 8.23. The minimum absolute atomic E-state index is 0.0720. The Morgan fingerprint density at radius 1 is 0.741 bits per heavy atom. The first-order valence-electron chi connectivity index (χ1n) is 19.7. The molecule has 0 radical (unpaired) electrons. The van der Waals surface area contributed by atoms with Crippen LogP contribution in [0.1, 0.15) is 30.4 Å². The monoisotopic (exact) mass is 708 g/mol. The first-order chi connectivity index (χ1) is 27.5. The molecule has 0 spiro atoms. The van der Waals surface area contributed by atoms with Gasteiger partial charge in [0.1, 0.15) is 11.9 Å². The highest BCUT2D eigenvalue weighted by molar-refractivity contribution is 5.86. The average Bonchev–Trinajstić information content (AvgIpc) is 3.77. The predicted molar refractivity (Wildman–Crippen MR) is 215 cm³/mol. The Morgan fingerprint density at radius 3 is 2.33 bits per heavy atom. The van der Waals surface area contributed by atoms with Gasteiger partial charge in [-0.15, -0.1) is 0 Å². The Kier molecular flexibility index (Phi) is 6.56. The lowest BCUT2D eigenvalue weighted by atomic mass is 9.88. The van der Waals surface area contributed by atoms with Crippen molar-refractivity contribution in [1.82, 2.24) is 14.1 Å². The van der Waals surface area contributed by atoms with E-state index in [9.17, 15) is 0 Å². The molecule has 54 heavy (non-hydrogen) atoms. The van der Waals surface area contributed by atoms with Crippen molar-refractivity contribution in [2.24, 2.45) is 6.98 Å². The molecule has 0 N–H and O–H groups in total. The lowest BCUT2D eigenvalue weighted by molar-refractivity contribution is -0.649. The van der Waals surface area contributed by atoms with Gasteiger partial charge in [0.05, 0.1) is 50.4 Å². The minimum atomic E-state index is -2.41. The van der Waals surface area contributed by atoms with E-state index >= 15 is 0 Å². The van der Waals surface area contributed by atoms with E-state index in [2.05, 4.69) is 103 Å². The number of pyridine rings is 1. The normalized spacial score (nSPS) is 17.4. The Bertz CT molecular complexity index is 3000. The van der Waals surface area contributed by atoms with Crippen LogP contribution in [0.3, 0.4) is 0 Å². The van der Waals surface area contributed by atoms with Crippen LogP contribution in [0.15, 0.2) is 140 Å². The molecular formula is C47H39N5O2. The number of nitrogens with zero attached hydrogens (tertiary/aromatic N) is 5. The number of anilines is 2. The molecule has 0 fully saturated rings. The number of hydrogen-bond acceptors (Lipinski definition) is 4. The highest BCUT2D eigenvalue weighted by Crippen LogP contribution is 2.44. The lowest BCUT2D eigenvalue weighted by Gasteiger charge is -2.37. The van der Waals surface area contributed by atoms with Crippen molar-refractivity contribution in [2.45, 2.75) is 38.3 Å². The van der Waals surface area contributed by atoms with Gasteiger partial charge in [-0.3, -0.25) is 4.57 Å². The smallest absolute Gasteiger partial charge is 0.244 e. The number of aryl methyl sites for hydroxylation is 1. The van der Waals surface area contributed by atoms with Gasteiger partial charge in [0, 0.05) is 22.5 Å². The van der Waals surface area contributed by atoms with E-state index in [4.69, 9.17) is 18.6 Å². The van der Waals surface area contributed by atoms with Crippen molar-refractivity contribution in [3.63, 3.8) is 0 Å². The van der Waals surface area contributed by atoms with Gasteiger partial charge in [0.2, 0.25) is 6.33 Å². The van der Waals surface area contributed by atoms with Gasteiger partial charge >= 0.3 is 0 Å². The number of benzene rings is 5. The average molecular weight is 709 g/mol. The lowest BCUT2D eigenvalue weighted by Crippen LogP contribution is -2.49. The zero-order valence-electron chi connectivity index (χ0n) is 33.1. The second-order valence-electron chi connectivity index (χ2n) is 14.9. The van der Waals surface area contributed by atoms with E-state index in [0.717, 1.165) is 49.9 Å². The van der Waals surface area contributed by atoms with E-state index in [1.807, 2.05) is 89.6 Å². The molecule has 1 aliphatic carbocycles. The molecule has 2 aliphatic rings. The van der Waals surface area contributed by atoms with Crippen LogP contribution in [0.4, 0.5) is 11.4 Å². The Labute approximate surface area is 318 Å². The fraction of sp³-hybridized carbons (Fsp3) is 0.149. The Balaban J connectivity index is 1.25. The summed E-state index contributed by atoms with van der Waals surface area (Å²) in [5.41, 5.74) is 5.91. The summed E-state index contributed by atoms with van der Waals surface area (Å²) in [7, 11) is 0. The van der Waals surface area contributed by atoms with E-state index in [1.54, 1.807) is 0 Å². The van der Waals surface area contributed by atoms with E-state index in [1.165, 1.54) is 10.1 Å². The minimum Gasteiger partial charge on any atom is -0.480 e. The molecule has 1 aliphatic heterocycles. The van der Waals surface area contributed by atoms with Crippen LogP contribution in [0, 0.1) is 6.33 Å². The molecule has 5 aromatic carbocycles. The van der Waals surface area contributed by atoms with Crippen LogP contribution >= 0.6 is 0 Å². The van der Waals surface area contributed by atoms with Gasteiger partial charge < -0.3 is 23.5 Å². The van der Waals surface area contributed by atoms with Gasteiger partial charge in [-0.05, 0) is 77.7 Å². The number of rotatable bonds is 3. The number of imidazole rings is 1. The van der Waals surface area contributed by atoms with Crippen molar-refractivity contribution in [3.8, 4) is 28.8 Å².